The fraction of sp³-hybridized carbons (Fsp3) is 0.611. The lowest BCUT2D eigenvalue weighted by atomic mass is 9.87. The van der Waals surface area contributed by atoms with Crippen LogP contribution in [0.4, 0.5) is 0 Å². The molecule has 1 aliphatic carbocycles. The maximum Gasteiger partial charge on any atom is 0.251 e. The van der Waals surface area contributed by atoms with Crippen LogP contribution in [0.3, 0.4) is 0 Å². The average Bonchev–Trinajstić information content (AvgIpc) is 2.58. The van der Waals surface area contributed by atoms with Crippen LogP contribution >= 0.6 is 23.5 Å². The van der Waals surface area contributed by atoms with Gasteiger partial charge in [-0.25, -0.2) is 0 Å². The minimum atomic E-state index is 0.0926. The van der Waals surface area contributed by atoms with Gasteiger partial charge in [0.05, 0.1) is 4.58 Å². The van der Waals surface area contributed by atoms with Crippen LogP contribution in [-0.4, -0.2) is 23.5 Å². The number of benzene rings is 1. The van der Waals surface area contributed by atoms with E-state index in [0.717, 1.165) is 24.3 Å². The van der Waals surface area contributed by atoms with Crippen molar-refractivity contribution in [2.45, 2.75) is 49.7 Å². The zero-order valence-electron chi connectivity index (χ0n) is 13.2. The van der Waals surface area contributed by atoms with E-state index in [9.17, 15) is 4.79 Å². The van der Waals surface area contributed by atoms with Crippen molar-refractivity contribution in [2.75, 3.05) is 11.5 Å². The van der Waals surface area contributed by atoms with Gasteiger partial charge in [0.25, 0.3) is 5.91 Å². The van der Waals surface area contributed by atoms with Gasteiger partial charge in [-0.1, -0.05) is 19.1 Å². The molecule has 0 unspecified atom stereocenters. The molecule has 1 N–H and O–H groups in total. The molecule has 120 valence electrons. The maximum absolute atomic E-state index is 12.4. The Hall–Kier alpha value is -0.610. The summed E-state index contributed by atoms with van der Waals surface area (Å²) in [5.41, 5.74) is 2.14. The largest absolute Gasteiger partial charge is 0.349 e. The van der Waals surface area contributed by atoms with Crippen LogP contribution in [0.25, 0.3) is 0 Å². The standard InChI is InChI=1S/C18H25NOS2/c1-13-3-9-16(10-4-13)19-17(20)14-5-7-15(8-6-14)18-21-11-2-12-22-18/h5-8,13,16,18H,2-4,9-12H2,1H3,(H,19,20). The molecule has 22 heavy (non-hydrogen) atoms. The minimum absolute atomic E-state index is 0.0926. The molecule has 1 saturated carbocycles. The molecule has 2 aliphatic rings. The summed E-state index contributed by atoms with van der Waals surface area (Å²) in [4.78, 5) is 12.4. The smallest absolute Gasteiger partial charge is 0.251 e. The zero-order chi connectivity index (χ0) is 15.4. The molecule has 1 aliphatic heterocycles. The highest BCUT2D eigenvalue weighted by Crippen LogP contribution is 2.43. The molecule has 1 aromatic carbocycles. The lowest BCUT2D eigenvalue weighted by molar-refractivity contribution is 0.0923. The van der Waals surface area contributed by atoms with Crippen LogP contribution in [-0.2, 0) is 0 Å². The Kier molecular flexibility index (Phi) is 5.75. The van der Waals surface area contributed by atoms with Crippen molar-refractivity contribution in [3.63, 3.8) is 0 Å². The number of rotatable bonds is 3. The summed E-state index contributed by atoms with van der Waals surface area (Å²) in [6, 6.07) is 8.62. The number of nitrogens with one attached hydrogen (secondary N) is 1. The fourth-order valence-corrected chi connectivity index (χ4v) is 6.04. The van der Waals surface area contributed by atoms with Gasteiger partial charge in [-0.05, 0) is 67.2 Å². The van der Waals surface area contributed by atoms with Crippen LogP contribution in [0.5, 0.6) is 0 Å². The molecule has 0 atom stereocenters. The van der Waals surface area contributed by atoms with E-state index in [1.165, 1.54) is 36.3 Å². The van der Waals surface area contributed by atoms with E-state index in [0.29, 0.717) is 10.6 Å². The number of thioether (sulfide) groups is 2. The molecule has 0 bridgehead atoms. The predicted octanol–water partition coefficient (Wildman–Crippen LogP) is 4.86. The van der Waals surface area contributed by atoms with E-state index in [1.807, 2.05) is 35.7 Å². The quantitative estimate of drug-likeness (QED) is 0.855. The second kappa shape index (κ2) is 7.78. The normalized spacial score (nSPS) is 26.6. The fourth-order valence-electron chi connectivity index (χ4n) is 3.15. The van der Waals surface area contributed by atoms with Crippen molar-refractivity contribution in [2.24, 2.45) is 5.92 Å². The highest BCUT2D eigenvalue weighted by Gasteiger charge is 2.21. The summed E-state index contributed by atoms with van der Waals surface area (Å²) in [5.74, 6) is 3.41. The molecular formula is C18H25NOS2. The summed E-state index contributed by atoms with van der Waals surface area (Å²) in [5, 5.41) is 3.21. The van der Waals surface area contributed by atoms with Crippen molar-refractivity contribution in [1.29, 1.82) is 0 Å². The molecule has 2 nitrogen and oxygen atoms in total. The minimum Gasteiger partial charge on any atom is -0.349 e. The molecule has 1 saturated heterocycles. The number of amides is 1. The van der Waals surface area contributed by atoms with Gasteiger partial charge in [-0.15, -0.1) is 23.5 Å². The Morgan fingerprint density at radius 1 is 1.05 bits per heavy atom. The van der Waals surface area contributed by atoms with Crippen LogP contribution in [0.1, 0.15) is 59.5 Å². The Labute approximate surface area is 142 Å². The third kappa shape index (κ3) is 4.23. The molecule has 1 aromatic rings. The molecule has 0 radical (unpaired) electrons. The number of hydrogen-bond donors (Lipinski definition) is 1. The number of hydrogen-bond acceptors (Lipinski definition) is 3. The van der Waals surface area contributed by atoms with E-state index in [-0.39, 0.29) is 5.91 Å². The van der Waals surface area contributed by atoms with E-state index in [2.05, 4.69) is 24.4 Å². The topological polar surface area (TPSA) is 29.1 Å². The lowest BCUT2D eigenvalue weighted by Crippen LogP contribution is -2.37. The molecule has 2 fully saturated rings. The molecule has 1 amide bonds. The van der Waals surface area contributed by atoms with Gasteiger partial charge in [-0.2, -0.15) is 0 Å². The zero-order valence-corrected chi connectivity index (χ0v) is 14.8. The number of carbonyl (C=O) groups excluding carboxylic acids is 1. The average molecular weight is 336 g/mol. The Bertz CT molecular complexity index is 488. The van der Waals surface area contributed by atoms with Gasteiger partial charge < -0.3 is 5.32 Å². The summed E-state index contributed by atoms with van der Waals surface area (Å²) in [6.07, 6.45) is 6.03. The molecular weight excluding hydrogens is 310 g/mol. The Balaban J connectivity index is 1.56. The second-order valence-corrected chi connectivity index (χ2v) is 9.20. The summed E-state index contributed by atoms with van der Waals surface area (Å²) in [6.45, 7) is 2.30. The predicted molar refractivity (Wildman–Crippen MR) is 97.6 cm³/mol. The molecule has 0 aromatic heterocycles. The van der Waals surface area contributed by atoms with Gasteiger partial charge in [0.15, 0.2) is 0 Å². The van der Waals surface area contributed by atoms with Gasteiger partial charge in [0.1, 0.15) is 0 Å². The van der Waals surface area contributed by atoms with Crippen LogP contribution in [0.2, 0.25) is 0 Å². The molecule has 4 heteroatoms. The first-order chi connectivity index (χ1) is 10.7. The first-order valence-corrected chi connectivity index (χ1v) is 10.5. The van der Waals surface area contributed by atoms with Crippen LogP contribution in [0, 0.1) is 5.92 Å². The maximum atomic E-state index is 12.4. The molecule has 3 rings (SSSR count). The van der Waals surface area contributed by atoms with Crippen LogP contribution < -0.4 is 5.32 Å². The summed E-state index contributed by atoms with van der Waals surface area (Å²) >= 11 is 4.04. The van der Waals surface area contributed by atoms with Crippen molar-refractivity contribution >= 4 is 29.4 Å². The van der Waals surface area contributed by atoms with Gasteiger partial charge in [-0.3, -0.25) is 4.79 Å². The first-order valence-electron chi connectivity index (χ1n) is 8.36. The van der Waals surface area contributed by atoms with Crippen molar-refractivity contribution in [3.8, 4) is 0 Å². The Morgan fingerprint density at radius 3 is 2.32 bits per heavy atom. The Morgan fingerprint density at radius 2 is 1.68 bits per heavy atom. The van der Waals surface area contributed by atoms with E-state index in [1.54, 1.807) is 0 Å². The summed E-state index contributed by atoms with van der Waals surface area (Å²) in [7, 11) is 0. The van der Waals surface area contributed by atoms with E-state index >= 15 is 0 Å². The third-order valence-corrected chi connectivity index (χ3v) is 7.64. The monoisotopic (exact) mass is 335 g/mol. The van der Waals surface area contributed by atoms with Crippen LogP contribution in [0.15, 0.2) is 24.3 Å². The van der Waals surface area contributed by atoms with Gasteiger partial charge in [0, 0.05) is 11.6 Å². The second-order valence-electron chi connectivity index (χ2n) is 6.48. The van der Waals surface area contributed by atoms with Gasteiger partial charge >= 0.3 is 0 Å². The van der Waals surface area contributed by atoms with E-state index < -0.39 is 0 Å². The van der Waals surface area contributed by atoms with Crippen molar-refractivity contribution in [3.05, 3.63) is 35.4 Å². The van der Waals surface area contributed by atoms with Crippen molar-refractivity contribution < 1.29 is 4.79 Å². The van der Waals surface area contributed by atoms with Gasteiger partial charge in [0.2, 0.25) is 0 Å². The molecule has 1 heterocycles. The third-order valence-electron chi connectivity index (χ3n) is 4.62. The highest BCUT2D eigenvalue weighted by molar-refractivity contribution is 8.16. The SMILES string of the molecule is CC1CCC(NC(=O)c2ccc(C3SCCCS3)cc2)CC1. The highest BCUT2D eigenvalue weighted by atomic mass is 32.2. The molecule has 0 spiro atoms. The van der Waals surface area contributed by atoms with E-state index in [4.69, 9.17) is 0 Å². The number of carbonyl (C=O) groups is 1. The lowest BCUT2D eigenvalue weighted by Gasteiger charge is -2.27. The summed E-state index contributed by atoms with van der Waals surface area (Å²) < 4.78 is 0.547. The van der Waals surface area contributed by atoms with Crippen molar-refractivity contribution in [1.82, 2.24) is 5.32 Å². The first kappa shape index (κ1) is 16.3.